The maximum absolute atomic E-state index is 9.20. The van der Waals surface area contributed by atoms with Crippen molar-refractivity contribution >= 4 is 11.3 Å². The highest BCUT2D eigenvalue weighted by Crippen LogP contribution is 2.32. The third-order valence-corrected chi connectivity index (χ3v) is 5.18. The first-order valence-electron chi connectivity index (χ1n) is 6.96. The van der Waals surface area contributed by atoms with Crippen molar-refractivity contribution < 1.29 is 5.11 Å². The summed E-state index contributed by atoms with van der Waals surface area (Å²) in [6, 6.07) is 4.79. The lowest BCUT2D eigenvalue weighted by Crippen LogP contribution is -2.39. The monoisotopic (exact) mass is 284 g/mol. The summed E-state index contributed by atoms with van der Waals surface area (Å²) in [7, 11) is 0. The van der Waals surface area contributed by atoms with E-state index in [2.05, 4.69) is 45.1 Å². The van der Waals surface area contributed by atoms with Gasteiger partial charge in [-0.1, -0.05) is 27.7 Å². The topological polar surface area (TPSA) is 58.3 Å². The van der Waals surface area contributed by atoms with Crippen LogP contribution in [0.4, 0.5) is 0 Å². The number of rotatable bonds is 6. The van der Waals surface area contributed by atoms with Crippen molar-refractivity contribution in [2.45, 2.75) is 52.1 Å². The molecule has 0 spiro atoms. The molecule has 0 bridgehead atoms. The highest BCUT2D eigenvalue weighted by Gasteiger charge is 2.21. The summed E-state index contributed by atoms with van der Waals surface area (Å²) in [5.41, 5.74) is 6.08. The summed E-state index contributed by atoms with van der Waals surface area (Å²) in [5.74, 6) is 0.232. The first kappa shape index (κ1) is 16.6. The fraction of sp³-hybridized carbons (Fsp3) is 0.733. The number of hydrogen-bond donors (Lipinski definition) is 3. The van der Waals surface area contributed by atoms with Crippen molar-refractivity contribution in [1.82, 2.24) is 5.32 Å². The Bertz CT molecular complexity index is 384. The van der Waals surface area contributed by atoms with Crippen LogP contribution < -0.4 is 11.1 Å². The van der Waals surface area contributed by atoms with E-state index in [0.717, 1.165) is 0 Å². The zero-order valence-corrected chi connectivity index (χ0v) is 13.6. The molecule has 1 rings (SSSR count). The van der Waals surface area contributed by atoms with Crippen LogP contribution in [-0.2, 0) is 5.41 Å². The zero-order chi connectivity index (χ0) is 14.6. The van der Waals surface area contributed by atoms with Crippen LogP contribution in [0.3, 0.4) is 0 Å². The Morgan fingerprint density at radius 1 is 1.32 bits per heavy atom. The van der Waals surface area contributed by atoms with Gasteiger partial charge in [-0.2, -0.15) is 0 Å². The Balaban J connectivity index is 2.78. The van der Waals surface area contributed by atoms with Gasteiger partial charge in [0.15, 0.2) is 0 Å². The lowest BCUT2D eigenvalue weighted by Gasteiger charge is -2.25. The van der Waals surface area contributed by atoms with E-state index in [4.69, 9.17) is 5.73 Å². The number of hydrogen-bond acceptors (Lipinski definition) is 4. The zero-order valence-electron chi connectivity index (χ0n) is 12.7. The van der Waals surface area contributed by atoms with Crippen LogP contribution in [0.25, 0.3) is 0 Å². The Morgan fingerprint density at radius 3 is 2.37 bits per heavy atom. The lowest BCUT2D eigenvalue weighted by atomic mass is 9.95. The molecule has 3 nitrogen and oxygen atoms in total. The molecule has 0 radical (unpaired) electrons. The molecule has 1 aromatic rings. The van der Waals surface area contributed by atoms with E-state index in [-0.39, 0.29) is 30.0 Å². The summed E-state index contributed by atoms with van der Waals surface area (Å²) in [5, 5.41) is 12.7. The molecule has 19 heavy (non-hydrogen) atoms. The fourth-order valence-electron chi connectivity index (χ4n) is 1.85. The van der Waals surface area contributed by atoms with Crippen LogP contribution >= 0.6 is 11.3 Å². The van der Waals surface area contributed by atoms with Gasteiger partial charge in [0, 0.05) is 28.9 Å². The van der Waals surface area contributed by atoms with Crippen molar-refractivity contribution in [3.63, 3.8) is 0 Å². The van der Waals surface area contributed by atoms with Gasteiger partial charge < -0.3 is 16.2 Å². The Kier molecular flexibility index (Phi) is 5.99. The van der Waals surface area contributed by atoms with E-state index in [1.165, 1.54) is 9.75 Å². The predicted octanol–water partition coefficient (Wildman–Crippen LogP) is 2.65. The average Bonchev–Trinajstić information content (AvgIpc) is 2.83. The van der Waals surface area contributed by atoms with Crippen molar-refractivity contribution in [2.24, 2.45) is 11.7 Å². The minimum atomic E-state index is 0.171. The second kappa shape index (κ2) is 6.84. The highest BCUT2D eigenvalue weighted by atomic mass is 32.1. The minimum absolute atomic E-state index is 0.171. The molecular weight excluding hydrogens is 256 g/mol. The van der Waals surface area contributed by atoms with Gasteiger partial charge in [0.25, 0.3) is 0 Å². The standard InChI is InChI=1S/C15H28N2OS/c1-10(9-18)11(2)17-12(8-16)13-6-7-14(19-13)15(3,4)5/h6-7,10-12,17-18H,8-9,16H2,1-5H3. The molecule has 0 aliphatic rings. The number of thiophene rings is 1. The van der Waals surface area contributed by atoms with Crippen molar-refractivity contribution in [3.05, 3.63) is 21.9 Å². The number of aliphatic hydroxyl groups excluding tert-OH is 1. The molecule has 0 aromatic carbocycles. The van der Waals surface area contributed by atoms with E-state index in [0.29, 0.717) is 6.54 Å². The average molecular weight is 284 g/mol. The van der Waals surface area contributed by atoms with E-state index >= 15 is 0 Å². The van der Waals surface area contributed by atoms with Gasteiger partial charge in [-0.3, -0.25) is 0 Å². The Labute approximate surface area is 121 Å². The minimum Gasteiger partial charge on any atom is -0.396 e. The molecule has 0 fully saturated rings. The molecule has 0 aliphatic heterocycles. The SMILES string of the molecule is CC(CO)C(C)NC(CN)c1ccc(C(C)(C)C)s1. The summed E-state index contributed by atoms with van der Waals surface area (Å²) < 4.78 is 0. The van der Waals surface area contributed by atoms with Crippen molar-refractivity contribution in [3.8, 4) is 0 Å². The van der Waals surface area contributed by atoms with E-state index in [1.807, 2.05) is 18.3 Å². The molecule has 4 N–H and O–H groups in total. The first-order chi connectivity index (χ1) is 8.79. The van der Waals surface area contributed by atoms with Crippen LogP contribution in [0, 0.1) is 5.92 Å². The normalized spacial score (nSPS) is 17.2. The highest BCUT2D eigenvalue weighted by molar-refractivity contribution is 7.12. The van der Waals surface area contributed by atoms with Gasteiger partial charge in [0.05, 0.1) is 6.04 Å². The summed E-state index contributed by atoms with van der Waals surface area (Å²) in [4.78, 5) is 2.66. The van der Waals surface area contributed by atoms with E-state index in [9.17, 15) is 5.11 Å². The number of nitrogens with one attached hydrogen (secondary N) is 1. The van der Waals surface area contributed by atoms with Crippen molar-refractivity contribution in [1.29, 1.82) is 0 Å². The number of nitrogens with two attached hydrogens (primary N) is 1. The molecule has 4 heteroatoms. The second-order valence-corrected chi connectivity index (χ2v) is 7.47. The molecule has 3 atom stereocenters. The number of aliphatic hydroxyl groups is 1. The van der Waals surface area contributed by atoms with Crippen LogP contribution in [0.2, 0.25) is 0 Å². The van der Waals surface area contributed by atoms with Gasteiger partial charge in [-0.05, 0) is 30.4 Å². The molecule has 0 saturated carbocycles. The Hall–Kier alpha value is -0.420. The summed E-state index contributed by atoms with van der Waals surface area (Å²) in [6.07, 6.45) is 0. The molecule has 110 valence electrons. The van der Waals surface area contributed by atoms with Gasteiger partial charge in [-0.25, -0.2) is 0 Å². The van der Waals surface area contributed by atoms with Gasteiger partial charge in [-0.15, -0.1) is 11.3 Å². The third kappa shape index (κ3) is 4.56. The van der Waals surface area contributed by atoms with E-state index < -0.39 is 0 Å². The predicted molar refractivity (Wildman–Crippen MR) is 83.7 cm³/mol. The van der Waals surface area contributed by atoms with Crippen LogP contribution in [-0.4, -0.2) is 24.3 Å². The first-order valence-corrected chi connectivity index (χ1v) is 7.78. The van der Waals surface area contributed by atoms with Gasteiger partial charge >= 0.3 is 0 Å². The molecule has 0 amide bonds. The van der Waals surface area contributed by atoms with Gasteiger partial charge in [0.2, 0.25) is 0 Å². The molecular formula is C15H28N2OS. The lowest BCUT2D eigenvalue weighted by molar-refractivity contribution is 0.201. The van der Waals surface area contributed by atoms with Crippen LogP contribution in [0.5, 0.6) is 0 Å². The third-order valence-electron chi connectivity index (χ3n) is 3.55. The fourth-order valence-corrected chi connectivity index (χ4v) is 2.99. The van der Waals surface area contributed by atoms with E-state index in [1.54, 1.807) is 0 Å². The second-order valence-electron chi connectivity index (χ2n) is 6.36. The summed E-state index contributed by atoms with van der Waals surface area (Å²) >= 11 is 1.83. The quantitative estimate of drug-likeness (QED) is 0.752. The molecule has 3 unspecified atom stereocenters. The molecule has 1 aromatic heterocycles. The molecule has 0 saturated heterocycles. The Morgan fingerprint density at radius 2 is 1.95 bits per heavy atom. The molecule has 1 heterocycles. The molecule has 0 aliphatic carbocycles. The van der Waals surface area contributed by atoms with Crippen LogP contribution in [0.15, 0.2) is 12.1 Å². The maximum Gasteiger partial charge on any atom is 0.0541 e. The van der Waals surface area contributed by atoms with Crippen molar-refractivity contribution in [2.75, 3.05) is 13.2 Å². The smallest absolute Gasteiger partial charge is 0.0541 e. The summed E-state index contributed by atoms with van der Waals surface area (Å²) in [6.45, 7) is 11.6. The van der Waals surface area contributed by atoms with Gasteiger partial charge in [0.1, 0.15) is 0 Å². The van der Waals surface area contributed by atoms with Crippen LogP contribution in [0.1, 0.15) is 50.4 Å². The largest absolute Gasteiger partial charge is 0.396 e. The maximum atomic E-state index is 9.20.